The van der Waals surface area contributed by atoms with Gasteiger partial charge in [0.2, 0.25) is 0 Å². The molecule has 0 aliphatic heterocycles. The Morgan fingerprint density at radius 1 is 1.40 bits per heavy atom. The predicted molar refractivity (Wildman–Crippen MR) is 60.4 cm³/mol. The van der Waals surface area contributed by atoms with Crippen molar-refractivity contribution in [2.24, 2.45) is 5.73 Å². The number of hydrogen-bond acceptors (Lipinski definition) is 1. The third-order valence-electron chi connectivity index (χ3n) is 2.92. The lowest BCUT2D eigenvalue weighted by Crippen LogP contribution is -2.20. The van der Waals surface area contributed by atoms with Crippen molar-refractivity contribution in [1.82, 2.24) is 0 Å². The monoisotopic (exact) mass is 207 g/mol. The van der Waals surface area contributed by atoms with Crippen LogP contribution >= 0.6 is 0 Å². The van der Waals surface area contributed by atoms with E-state index in [1.807, 2.05) is 24.3 Å². The van der Waals surface area contributed by atoms with Crippen molar-refractivity contribution in [2.75, 3.05) is 0 Å². The zero-order chi connectivity index (χ0) is 11.1. The number of benzene rings is 1. The van der Waals surface area contributed by atoms with Gasteiger partial charge in [-0.25, -0.2) is 4.39 Å². The van der Waals surface area contributed by atoms with E-state index in [0.29, 0.717) is 6.42 Å². The Hall–Kier alpha value is -0.890. The maximum Gasteiger partial charge on any atom is 0.109 e. The quantitative estimate of drug-likeness (QED) is 0.810. The summed E-state index contributed by atoms with van der Waals surface area (Å²) in [5, 5.41) is 0. The summed E-state index contributed by atoms with van der Waals surface area (Å²) in [6.07, 6.45) is 2.56. The first-order valence-corrected chi connectivity index (χ1v) is 5.46. The van der Waals surface area contributed by atoms with Crippen LogP contribution in [0.1, 0.15) is 37.8 Å². The van der Waals surface area contributed by atoms with Gasteiger partial charge in [0.15, 0.2) is 0 Å². The highest BCUT2D eigenvalue weighted by atomic mass is 19.1. The largest absolute Gasteiger partial charge is 0.321 e. The molecule has 0 aromatic heterocycles. The van der Waals surface area contributed by atoms with Gasteiger partial charge in [-0.3, -0.25) is 0 Å². The zero-order valence-electron chi connectivity index (χ0n) is 9.39. The van der Waals surface area contributed by atoms with Gasteiger partial charge in [-0.05, 0) is 37.8 Å². The average molecular weight is 207 g/mol. The number of alkyl halides is 1. The molecule has 1 aromatic rings. The van der Waals surface area contributed by atoms with Crippen LogP contribution in [0.3, 0.4) is 0 Å². The molecular formula is C13H18FN. The minimum absolute atomic E-state index is 0.115. The molecule has 1 aliphatic rings. The summed E-state index contributed by atoms with van der Waals surface area (Å²) in [6.45, 7) is 3.21. The van der Waals surface area contributed by atoms with E-state index < -0.39 is 5.67 Å². The van der Waals surface area contributed by atoms with E-state index in [2.05, 4.69) is 0 Å². The summed E-state index contributed by atoms with van der Waals surface area (Å²) >= 11 is 0. The molecule has 1 aliphatic carbocycles. The van der Waals surface area contributed by atoms with E-state index in [1.165, 1.54) is 0 Å². The third kappa shape index (κ3) is 2.57. The Morgan fingerprint density at radius 3 is 2.60 bits per heavy atom. The number of hydrogen-bond donors (Lipinski definition) is 1. The van der Waals surface area contributed by atoms with Crippen LogP contribution in [-0.4, -0.2) is 5.67 Å². The maximum atomic E-state index is 13.5. The zero-order valence-corrected chi connectivity index (χ0v) is 9.39. The van der Waals surface area contributed by atoms with E-state index in [9.17, 15) is 4.39 Å². The summed E-state index contributed by atoms with van der Waals surface area (Å²) in [5.41, 5.74) is 7.04. The van der Waals surface area contributed by atoms with Crippen molar-refractivity contribution in [3.8, 4) is 0 Å². The highest BCUT2D eigenvalue weighted by Crippen LogP contribution is 2.42. The smallest absolute Gasteiger partial charge is 0.109 e. The van der Waals surface area contributed by atoms with Gasteiger partial charge in [-0.15, -0.1) is 0 Å². The summed E-state index contributed by atoms with van der Waals surface area (Å²) in [4.78, 5) is 0. The Kier molecular flexibility index (Phi) is 2.34. The van der Waals surface area contributed by atoms with E-state index in [0.717, 1.165) is 24.0 Å². The number of halogens is 1. The lowest BCUT2D eigenvalue weighted by molar-refractivity contribution is 0.217. The van der Waals surface area contributed by atoms with Crippen molar-refractivity contribution in [1.29, 1.82) is 0 Å². The molecule has 0 heterocycles. The standard InChI is InChI=1S/C13H18FN/c1-12(2,14)9-10-4-3-5-11(8-10)13(15)6-7-13/h3-5,8H,6-7,9,15H2,1-2H3. The summed E-state index contributed by atoms with van der Waals surface area (Å²) in [5.74, 6) is 0. The van der Waals surface area contributed by atoms with E-state index in [-0.39, 0.29) is 5.54 Å². The molecule has 1 saturated carbocycles. The molecule has 2 N–H and O–H groups in total. The first-order valence-electron chi connectivity index (χ1n) is 5.46. The number of nitrogens with two attached hydrogens (primary N) is 1. The Morgan fingerprint density at radius 2 is 2.07 bits per heavy atom. The van der Waals surface area contributed by atoms with Gasteiger partial charge in [-0.1, -0.05) is 24.3 Å². The van der Waals surface area contributed by atoms with Crippen LogP contribution in [0.2, 0.25) is 0 Å². The molecule has 0 atom stereocenters. The summed E-state index contributed by atoms with van der Waals surface area (Å²) in [6, 6.07) is 8.04. The van der Waals surface area contributed by atoms with Crippen LogP contribution in [0.5, 0.6) is 0 Å². The topological polar surface area (TPSA) is 26.0 Å². The first-order chi connectivity index (χ1) is 6.89. The highest BCUT2D eigenvalue weighted by Gasteiger charge is 2.39. The Balaban J connectivity index is 2.20. The molecule has 0 unspecified atom stereocenters. The lowest BCUT2D eigenvalue weighted by Gasteiger charge is -2.16. The van der Waals surface area contributed by atoms with Crippen molar-refractivity contribution in [3.63, 3.8) is 0 Å². The number of rotatable bonds is 3. The molecule has 1 nitrogen and oxygen atoms in total. The maximum absolute atomic E-state index is 13.5. The van der Waals surface area contributed by atoms with Crippen molar-refractivity contribution in [3.05, 3.63) is 35.4 Å². The van der Waals surface area contributed by atoms with Crippen LogP contribution in [0.15, 0.2) is 24.3 Å². The second-order valence-electron chi connectivity index (χ2n) is 5.25. The molecule has 15 heavy (non-hydrogen) atoms. The SMILES string of the molecule is CC(C)(F)Cc1cccc(C2(N)CC2)c1. The summed E-state index contributed by atoms with van der Waals surface area (Å²) in [7, 11) is 0. The van der Waals surface area contributed by atoms with Crippen molar-refractivity contribution >= 4 is 0 Å². The van der Waals surface area contributed by atoms with Gasteiger partial charge in [0.25, 0.3) is 0 Å². The predicted octanol–water partition coefficient (Wildman–Crippen LogP) is 2.93. The minimum Gasteiger partial charge on any atom is -0.321 e. The molecule has 0 amide bonds. The highest BCUT2D eigenvalue weighted by molar-refractivity contribution is 5.33. The molecule has 1 fully saturated rings. The summed E-state index contributed by atoms with van der Waals surface area (Å²) < 4.78 is 13.5. The van der Waals surface area contributed by atoms with Crippen LogP contribution < -0.4 is 5.73 Å². The van der Waals surface area contributed by atoms with E-state index in [4.69, 9.17) is 5.73 Å². The molecule has 0 radical (unpaired) electrons. The molecule has 0 saturated heterocycles. The van der Waals surface area contributed by atoms with E-state index in [1.54, 1.807) is 13.8 Å². The molecule has 2 heteroatoms. The van der Waals surface area contributed by atoms with Gasteiger partial charge in [0.05, 0.1) is 0 Å². The van der Waals surface area contributed by atoms with Gasteiger partial charge >= 0.3 is 0 Å². The van der Waals surface area contributed by atoms with E-state index >= 15 is 0 Å². The average Bonchev–Trinajstić information content (AvgIpc) is 2.82. The normalized spacial score (nSPS) is 18.9. The second-order valence-corrected chi connectivity index (χ2v) is 5.25. The Bertz CT molecular complexity index is 361. The second kappa shape index (κ2) is 3.31. The third-order valence-corrected chi connectivity index (χ3v) is 2.92. The van der Waals surface area contributed by atoms with Gasteiger partial charge < -0.3 is 5.73 Å². The van der Waals surface area contributed by atoms with Gasteiger partial charge in [0, 0.05) is 12.0 Å². The van der Waals surface area contributed by atoms with Crippen LogP contribution in [0, 0.1) is 0 Å². The van der Waals surface area contributed by atoms with Gasteiger partial charge in [0.1, 0.15) is 5.67 Å². The first kappa shape index (κ1) is 10.6. The molecule has 2 rings (SSSR count). The molecule has 0 spiro atoms. The van der Waals surface area contributed by atoms with Crippen LogP contribution in [0.25, 0.3) is 0 Å². The van der Waals surface area contributed by atoms with Gasteiger partial charge in [-0.2, -0.15) is 0 Å². The van der Waals surface area contributed by atoms with Crippen LogP contribution in [-0.2, 0) is 12.0 Å². The molecule has 0 bridgehead atoms. The fourth-order valence-corrected chi connectivity index (χ4v) is 1.90. The van der Waals surface area contributed by atoms with Crippen molar-refractivity contribution < 1.29 is 4.39 Å². The molecule has 1 aromatic carbocycles. The lowest BCUT2D eigenvalue weighted by atomic mass is 9.96. The fourth-order valence-electron chi connectivity index (χ4n) is 1.90. The minimum atomic E-state index is -1.15. The van der Waals surface area contributed by atoms with Crippen molar-refractivity contribution in [2.45, 2.75) is 44.3 Å². The Labute approximate surface area is 90.5 Å². The fraction of sp³-hybridized carbons (Fsp3) is 0.538. The molecule has 82 valence electrons. The molecular weight excluding hydrogens is 189 g/mol. The van der Waals surface area contributed by atoms with Crippen LogP contribution in [0.4, 0.5) is 4.39 Å².